The van der Waals surface area contributed by atoms with Crippen molar-refractivity contribution in [1.29, 1.82) is 0 Å². The quantitative estimate of drug-likeness (QED) is 0.243. The summed E-state index contributed by atoms with van der Waals surface area (Å²) in [4.78, 5) is 15.1. The van der Waals surface area contributed by atoms with Crippen LogP contribution in [0.5, 0.6) is 0 Å². The molecule has 0 aliphatic rings. The molecule has 2 heterocycles. The Morgan fingerprint density at radius 3 is 2.66 bits per heavy atom. The third kappa shape index (κ3) is 5.15. The number of furan rings is 1. The van der Waals surface area contributed by atoms with Crippen LogP contribution in [0.3, 0.4) is 0 Å². The van der Waals surface area contributed by atoms with E-state index in [1.54, 1.807) is 30.2 Å². The number of para-hydroxylation sites is 1. The zero-order chi connectivity index (χ0) is 22.3. The summed E-state index contributed by atoms with van der Waals surface area (Å²) in [5, 5.41) is 11.8. The van der Waals surface area contributed by atoms with E-state index in [4.69, 9.17) is 4.42 Å². The Morgan fingerprint density at radius 2 is 1.91 bits per heavy atom. The van der Waals surface area contributed by atoms with Gasteiger partial charge >= 0.3 is 0 Å². The molecule has 0 fully saturated rings. The molecule has 1 atom stereocenters. The first-order chi connectivity index (χ1) is 15.7. The minimum Gasteiger partial charge on any atom is -0.461 e. The Hall–Kier alpha value is -3.23. The second-order valence-corrected chi connectivity index (χ2v) is 9.27. The minimum atomic E-state index is -0.387. The van der Waals surface area contributed by atoms with E-state index >= 15 is 0 Å². The van der Waals surface area contributed by atoms with Crippen LogP contribution in [0, 0.1) is 0 Å². The number of nitrogens with zero attached hydrogens (tertiary/aromatic N) is 3. The van der Waals surface area contributed by atoms with Crippen LogP contribution in [0.25, 0.3) is 11.6 Å². The number of anilines is 1. The minimum absolute atomic E-state index is 0.108. The van der Waals surface area contributed by atoms with Gasteiger partial charge in [0.1, 0.15) is 0 Å². The third-order valence-electron chi connectivity index (χ3n) is 4.54. The van der Waals surface area contributed by atoms with Crippen LogP contribution in [0.1, 0.15) is 6.92 Å². The molecule has 0 spiro atoms. The standard InChI is InChI=1S/C24H22N4O2S2/c1-3-15-28-22(20-13-9-16-30-20)26-27-24(28)31-17(2)23(29)25-19-12-7-8-14-21(19)32-18-10-5-4-6-11-18/h3-14,16-17H,1,15H2,2H3,(H,25,29). The van der Waals surface area contributed by atoms with Crippen LogP contribution in [0.15, 0.2) is 105 Å². The van der Waals surface area contributed by atoms with Gasteiger partial charge in [0.2, 0.25) is 11.7 Å². The van der Waals surface area contributed by atoms with Crippen molar-refractivity contribution >= 4 is 35.1 Å². The molecule has 4 rings (SSSR count). The molecule has 0 aliphatic carbocycles. The van der Waals surface area contributed by atoms with E-state index < -0.39 is 0 Å². The van der Waals surface area contributed by atoms with Crippen LogP contribution in [0.4, 0.5) is 5.69 Å². The molecule has 4 aromatic rings. The van der Waals surface area contributed by atoms with Crippen molar-refractivity contribution in [3.63, 3.8) is 0 Å². The largest absolute Gasteiger partial charge is 0.461 e. The predicted molar refractivity (Wildman–Crippen MR) is 129 cm³/mol. The first kappa shape index (κ1) is 22.0. The van der Waals surface area contributed by atoms with Crippen LogP contribution >= 0.6 is 23.5 Å². The fraction of sp³-hybridized carbons (Fsp3) is 0.125. The molecule has 0 radical (unpaired) electrons. The molecule has 0 saturated carbocycles. The molecule has 6 nitrogen and oxygen atoms in total. The maximum atomic E-state index is 13.0. The van der Waals surface area contributed by atoms with Crippen LogP contribution < -0.4 is 5.32 Å². The van der Waals surface area contributed by atoms with Gasteiger partial charge in [-0.1, -0.05) is 59.9 Å². The zero-order valence-corrected chi connectivity index (χ0v) is 19.1. The molecule has 1 N–H and O–H groups in total. The van der Waals surface area contributed by atoms with Gasteiger partial charge in [-0.05, 0) is 43.3 Å². The second kappa shape index (κ2) is 10.4. The highest BCUT2D eigenvalue weighted by atomic mass is 32.2. The number of thioether (sulfide) groups is 1. The molecule has 8 heteroatoms. The van der Waals surface area contributed by atoms with E-state index in [0.29, 0.717) is 23.3 Å². The molecule has 0 saturated heterocycles. The van der Waals surface area contributed by atoms with Gasteiger partial charge in [0.05, 0.1) is 17.2 Å². The number of hydrogen-bond donors (Lipinski definition) is 1. The SMILES string of the molecule is C=CCn1c(SC(C)C(=O)Nc2ccccc2Sc2ccccc2)nnc1-c1ccco1. The molecule has 2 aromatic heterocycles. The monoisotopic (exact) mass is 462 g/mol. The molecular formula is C24H22N4O2S2. The van der Waals surface area contributed by atoms with E-state index in [-0.39, 0.29) is 11.2 Å². The lowest BCUT2D eigenvalue weighted by Gasteiger charge is -2.15. The predicted octanol–water partition coefficient (Wildman–Crippen LogP) is 5.99. The number of amides is 1. The summed E-state index contributed by atoms with van der Waals surface area (Å²) < 4.78 is 7.35. The highest BCUT2D eigenvalue weighted by Crippen LogP contribution is 2.34. The second-order valence-electron chi connectivity index (χ2n) is 6.84. The van der Waals surface area contributed by atoms with Gasteiger partial charge in [0.15, 0.2) is 10.9 Å². The zero-order valence-electron chi connectivity index (χ0n) is 17.5. The smallest absolute Gasteiger partial charge is 0.237 e. The molecule has 162 valence electrons. The summed E-state index contributed by atoms with van der Waals surface area (Å²) in [5.74, 6) is 1.12. The Bertz CT molecular complexity index is 1190. The fourth-order valence-electron chi connectivity index (χ4n) is 2.98. The number of carbonyl (C=O) groups excluding carboxylic acids is 1. The van der Waals surface area contributed by atoms with Gasteiger partial charge in [-0.2, -0.15) is 0 Å². The number of benzene rings is 2. The van der Waals surface area contributed by atoms with Crippen molar-refractivity contribution in [2.24, 2.45) is 0 Å². The van der Waals surface area contributed by atoms with Crippen LogP contribution in [-0.2, 0) is 11.3 Å². The topological polar surface area (TPSA) is 73.0 Å². The number of aromatic nitrogens is 3. The first-order valence-corrected chi connectivity index (χ1v) is 11.7. The molecular weight excluding hydrogens is 440 g/mol. The normalized spacial score (nSPS) is 11.8. The molecule has 0 bridgehead atoms. The van der Waals surface area contributed by atoms with Crippen molar-refractivity contribution in [3.05, 3.63) is 85.6 Å². The maximum Gasteiger partial charge on any atom is 0.237 e. The number of nitrogens with one attached hydrogen (secondary N) is 1. The number of allylic oxidation sites excluding steroid dienone is 1. The average Bonchev–Trinajstić information content (AvgIpc) is 3.46. The number of hydrogen-bond acceptors (Lipinski definition) is 6. The van der Waals surface area contributed by atoms with Gasteiger partial charge < -0.3 is 9.73 Å². The van der Waals surface area contributed by atoms with Crippen molar-refractivity contribution in [3.8, 4) is 11.6 Å². The Labute approximate surface area is 195 Å². The lowest BCUT2D eigenvalue weighted by molar-refractivity contribution is -0.115. The first-order valence-electron chi connectivity index (χ1n) is 10.0. The van der Waals surface area contributed by atoms with E-state index in [1.807, 2.05) is 72.2 Å². The Kier molecular flexibility index (Phi) is 7.14. The highest BCUT2D eigenvalue weighted by molar-refractivity contribution is 8.00. The molecule has 1 unspecified atom stereocenters. The molecule has 32 heavy (non-hydrogen) atoms. The lowest BCUT2D eigenvalue weighted by Crippen LogP contribution is -2.23. The van der Waals surface area contributed by atoms with Crippen molar-refractivity contribution < 1.29 is 9.21 Å². The van der Waals surface area contributed by atoms with Gasteiger partial charge in [-0.15, -0.1) is 16.8 Å². The summed E-state index contributed by atoms with van der Waals surface area (Å²) in [5.41, 5.74) is 0.780. The van der Waals surface area contributed by atoms with Crippen molar-refractivity contribution in [2.75, 3.05) is 5.32 Å². The Morgan fingerprint density at radius 1 is 1.12 bits per heavy atom. The third-order valence-corrected chi connectivity index (χ3v) is 6.70. The van der Waals surface area contributed by atoms with Gasteiger partial charge in [-0.3, -0.25) is 9.36 Å². The van der Waals surface area contributed by atoms with E-state index in [9.17, 15) is 4.79 Å². The lowest BCUT2D eigenvalue weighted by atomic mass is 10.3. The van der Waals surface area contributed by atoms with E-state index in [2.05, 4.69) is 22.1 Å². The van der Waals surface area contributed by atoms with Crippen molar-refractivity contribution in [2.45, 2.75) is 33.7 Å². The van der Waals surface area contributed by atoms with E-state index in [1.165, 1.54) is 11.8 Å². The van der Waals surface area contributed by atoms with E-state index in [0.717, 1.165) is 15.5 Å². The number of rotatable bonds is 9. The van der Waals surface area contributed by atoms with Gasteiger partial charge in [-0.25, -0.2) is 0 Å². The summed E-state index contributed by atoms with van der Waals surface area (Å²) >= 11 is 2.96. The fourth-order valence-corrected chi connectivity index (χ4v) is 4.76. The van der Waals surface area contributed by atoms with Crippen LogP contribution in [0.2, 0.25) is 0 Å². The summed E-state index contributed by atoms with van der Waals surface area (Å²) in [6.45, 7) is 6.18. The summed E-state index contributed by atoms with van der Waals surface area (Å²) in [7, 11) is 0. The van der Waals surface area contributed by atoms with Gasteiger partial charge in [0.25, 0.3) is 0 Å². The Balaban J connectivity index is 1.48. The summed E-state index contributed by atoms with van der Waals surface area (Å²) in [6, 6.07) is 21.5. The van der Waals surface area contributed by atoms with Crippen molar-refractivity contribution in [1.82, 2.24) is 14.8 Å². The molecule has 2 aromatic carbocycles. The summed E-state index contributed by atoms with van der Waals surface area (Å²) in [6.07, 6.45) is 3.36. The molecule has 0 aliphatic heterocycles. The van der Waals surface area contributed by atoms with Gasteiger partial charge in [0, 0.05) is 16.3 Å². The van der Waals surface area contributed by atoms with Crippen LogP contribution in [-0.4, -0.2) is 25.9 Å². The highest BCUT2D eigenvalue weighted by Gasteiger charge is 2.22. The average molecular weight is 463 g/mol. The number of carbonyl (C=O) groups is 1. The molecule has 1 amide bonds. The maximum absolute atomic E-state index is 13.0.